The lowest BCUT2D eigenvalue weighted by molar-refractivity contribution is 0.0996. The highest BCUT2D eigenvalue weighted by atomic mass is 16.2. The molecule has 0 saturated heterocycles. The number of amides is 1. The molecule has 0 spiro atoms. The maximum absolute atomic E-state index is 13.2. The van der Waals surface area contributed by atoms with E-state index in [0.717, 1.165) is 22.5 Å². The minimum Gasteiger partial charge on any atom is -0.288 e. The van der Waals surface area contributed by atoms with Gasteiger partial charge in [0.1, 0.15) is 5.82 Å². The summed E-state index contributed by atoms with van der Waals surface area (Å²) in [5, 5.41) is 11.9. The Kier molecular flexibility index (Phi) is 4.31. The summed E-state index contributed by atoms with van der Waals surface area (Å²) in [7, 11) is 0. The van der Waals surface area contributed by atoms with E-state index in [0.29, 0.717) is 23.7 Å². The zero-order chi connectivity index (χ0) is 20.7. The lowest BCUT2D eigenvalue weighted by Crippen LogP contribution is -2.24. The first-order valence-corrected chi connectivity index (χ1v) is 9.72. The molecular weight excluding hydrogens is 378 g/mol. The van der Waals surface area contributed by atoms with E-state index in [1.807, 2.05) is 62.4 Å². The van der Waals surface area contributed by atoms with Crippen LogP contribution >= 0.6 is 0 Å². The average molecular weight is 397 g/mol. The monoisotopic (exact) mass is 397 g/mol. The normalized spacial score (nSPS) is 13.2. The molecule has 1 aromatic carbocycles. The Morgan fingerprint density at radius 2 is 1.87 bits per heavy atom. The van der Waals surface area contributed by atoms with Crippen molar-refractivity contribution < 1.29 is 4.79 Å². The SMILES string of the molecule is CC(C)c1nnnn1-c1cccc(N2Cc3ccc(-c4cccnc4)cc3C2=O)n1. The number of carbonyl (C=O) groups is 1. The topological polar surface area (TPSA) is 89.7 Å². The van der Waals surface area contributed by atoms with E-state index in [4.69, 9.17) is 0 Å². The van der Waals surface area contributed by atoms with Crippen LogP contribution in [0, 0.1) is 0 Å². The molecule has 0 atom stereocenters. The Hall–Kier alpha value is -3.94. The first kappa shape index (κ1) is 18.1. The van der Waals surface area contributed by atoms with Gasteiger partial charge in [-0.2, -0.15) is 4.68 Å². The average Bonchev–Trinajstić information content (AvgIpc) is 3.40. The van der Waals surface area contributed by atoms with Gasteiger partial charge in [-0.15, -0.1) is 5.10 Å². The molecule has 8 nitrogen and oxygen atoms in total. The molecule has 0 bridgehead atoms. The number of fused-ring (bicyclic) bond motifs is 1. The maximum Gasteiger partial charge on any atom is 0.260 e. The maximum atomic E-state index is 13.2. The van der Waals surface area contributed by atoms with E-state index in [9.17, 15) is 4.79 Å². The molecule has 148 valence electrons. The molecule has 4 heterocycles. The second-order valence-corrected chi connectivity index (χ2v) is 7.46. The molecule has 0 unspecified atom stereocenters. The summed E-state index contributed by atoms with van der Waals surface area (Å²) in [5.41, 5.74) is 3.61. The third-order valence-electron chi connectivity index (χ3n) is 5.13. The molecule has 8 heteroatoms. The van der Waals surface area contributed by atoms with Crippen LogP contribution in [0.4, 0.5) is 5.82 Å². The fourth-order valence-electron chi connectivity index (χ4n) is 3.60. The van der Waals surface area contributed by atoms with Gasteiger partial charge in [0.15, 0.2) is 11.6 Å². The van der Waals surface area contributed by atoms with Crippen LogP contribution in [-0.2, 0) is 6.54 Å². The molecule has 0 saturated carbocycles. The van der Waals surface area contributed by atoms with E-state index in [1.54, 1.807) is 22.0 Å². The predicted molar refractivity (Wildman–Crippen MR) is 111 cm³/mol. The van der Waals surface area contributed by atoms with E-state index < -0.39 is 0 Å². The first-order chi connectivity index (χ1) is 14.6. The van der Waals surface area contributed by atoms with Gasteiger partial charge in [0, 0.05) is 29.4 Å². The van der Waals surface area contributed by atoms with Crippen molar-refractivity contribution in [1.82, 2.24) is 30.2 Å². The molecule has 30 heavy (non-hydrogen) atoms. The molecular formula is C22H19N7O. The second-order valence-electron chi connectivity index (χ2n) is 7.46. The van der Waals surface area contributed by atoms with Crippen molar-refractivity contribution >= 4 is 11.7 Å². The van der Waals surface area contributed by atoms with Gasteiger partial charge >= 0.3 is 0 Å². The fourth-order valence-corrected chi connectivity index (χ4v) is 3.60. The quantitative estimate of drug-likeness (QED) is 0.524. The van der Waals surface area contributed by atoms with Crippen LogP contribution in [0.3, 0.4) is 0 Å². The van der Waals surface area contributed by atoms with Gasteiger partial charge in [-0.1, -0.05) is 38.1 Å². The van der Waals surface area contributed by atoms with Crippen LogP contribution < -0.4 is 4.90 Å². The van der Waals surface area contributed by atoms with E-state index in [2.05, 4.69) is 25.5 Å². The molecule has 1 amide bonds. The zero-order valence-electron chi connectivity index (χ0n) is 16.6. The van der Waals surface area contributed by atoms with E-state index >= 15 is 0 Å². The minimum absolute atomic E-state index is 0.0683. The van der Waals surface area contributed by atoms with E-state index in [1.165, 1.54) is 0 Å². The lowest BCUT2D eigenvalue weighted by Gasteiger charge is -2.15. The Bertz CT molecular complexity index is 1230. The zero-order valence-corrected chi connectivity index (χ0v) is 16.6. The Balaban J connectivity index is 1.48. The van der Waals surface area contributed by atoms with E-state index in [-0.39, 0.29) is 11.8 Å². The number of anilines is 1. The molecule has 1 aliphatic rings. The van der Waals surface area contributed by atoms with Crippen LogP contribution in [-0.4, -0.2) is 36.1 Å². The largest absolute Gasteiger partial charge is 0.288 e. The van der Waals surface area contributed by atoms with Gasteiger partial charge in [0.2, 0.25) is 0 Å². The number of aromatic nitrogens is 6. The molecule has 0 radical (unpaired) electrons. The molecule has 3 aromatic heterocycles. The highest BCUT2D eigenvalue weighted by Gasteiger charge is 2.30. The highest BCUT2D eigenvalue weighted by Crippen LogP contribution is 2.31. The van der Waals surface area contributed by atoms with Gasteiger partial charge in [0.25, 0.3) is 5.91 Å². The van der Waals surface area contributed by atoms with Gasteiger partial charge in [0.05, 0.1) is 6.54 Å². The van der Waals surface area contributed by atoms with Gasteiger partial charge in [-0.25, -0.2) is 4.98 Å². The van der Waals surface area contributed by atoms with Crippen molar-refractivity contribution in [3.63, 3.8) is 0 Å². The Morgan fingerprint density at radius 3 is 2.67 bits per heavy atom. The van der Waals surface area contributed by atoms with Crippen molar-refractivity contribution in [3.05, 3.63) is 77.9 Å². The van der Waals surface area contributed by atoms with Crippen molar-refractivity contribution in [1.29, 1.82) is 0 Å². The summed E-state index contributed by atoms with van der Waals surface area (Å²) in [4.78, 5) is 23.7. The minimum atomic E-state index is -0.0683. The number of hydrogen-bond donors (Lipinski definition) is 0. The van der Waals surface area contributed by atoms with Crippen molar-refractivity contribution in [3.8, 4) is 16.9 Å². The van der Waals surface area contributed by atoms with Gasteiger partial charge in [-0.3, -0.25) is 14.7 Å². The number of carbonyl (C=O) groups excluding carboxylic acids is 1. The number of hydrogen-bond acceptors (Lipinski definition) is 6. The second kappa shape index (κ2) is 7.14. The first-order valence-electron chi connectivity index (χ1n) is 9.72. The summed E-state index contributed by atoms with van der Waals surface area (Å²) < 4.78 is 1.61. The highest BCUT2D eigenvalue weighted by molar-refractivity contribution is 6.10. The van der Waals surface area contributed by atoms with Gasteiger partial charge < -0.3 is 0 Å². The van der Waals surface area contributed by atoms with Crippen molar-refractivity contribution in [2.75, 3.05) is 4.90 Å². The van der Waals surface area contributed by atoms with Gasteiger partial charge in [-0.05, 0) is 45.8 Å². The third kappa shape index (κ3) is 3.02. The molecule has 5 rings (SSSR count). The molecule has 1 aliphatic heterocycles. The number of nitrogens with zero attached hydrogens (tertiary/aromatic N) is 7. The van der Waals surface area contributed by atoms with Crippen LogP contribution in [0.1, 0.15) is 41.5 Å². The van der Waals surface area contributed by atoms with Crippen LogP contribution in [0.5, 0.6) is 0 Å². The van der Waals surface area contributed by atoms with Crippen molar-refractivity contribution in [2.24, 2.45) is 0 Å². The standard InChI is InChI=1S/C22H19N7O/c1-14(2)21-25-26-27-29(21)20-7-3-6-19(24-20)28-13-17-9-8-15(11-18(17)22(28)30)16-5-4-10-23-12-16/h3-12,14H,13H2,1-2H3. The van der Waals surface area contributed by atoms with Crippen molar-refractivity contribution in [2.45, 2.75) is 26.3 Å². The summed E-state index contributed by atoms with van der Waals surface area (Å²) in [6.07, 6.45) is 3.53. The predicted octanol–water partition coefficient (Wildman–Crippen LogP) is 3.40. The summed E-state index contributed by atoms with van der Waals surface area (Å²) in [6.45, 7) is 4.52. The molecule has 4 aromatic rings. The van der Waals surface area contributed by atoms with Crippen LogP contribution in [0.25, 0.3) is 16.9 Å². The fraction of sp³-hybridized carbons (Fsp3) is 0.182. The summed E-state index contributed by atoms with van der Waals surface area (Å²) in [6, 6.07) is 15.3. The number of tetrazole rings is 1. The number of pyridine rings is 2. The number of rotatable bonds is 4. The number of benzene rings is 1. The third-order valence-corrected chi connectivity index (χ3v) is 5.13. The summed E-state index contributed by atoms with van der Waals surface area (Å²) >= 11 is 0. The van der Waals surface area contributed by atoms with Crippen LogP contribution in [0.15, 0.2) is 60.9 Å². The van der Waals surface area contributed by atoms with Crippen LogP contribution in [0.2, 0.25) is 0 Å². The molecule has 0 aliphatic carbocycles. The Labute approximate surface area is 173 Å². The molecule has 0 N–H and O–H groups in total. The smallest absolute Gasteiger partial charge is 0.260 e. The molecule has 0 fully saturated rings. The Morgan fingerprint density at radius 1 is 1.00 bits per heavy atom. The lowest BCUT2D eigenvalue weighted by atomic mass is 10.0. The summed E-state index contributed by atoms with van der Waals surface area (Å²) in [5.74, 6) is 1.95.